The summed E-state index contributed by atoms with van der Waals surface area (Å²) in [7, 11) is 1.57. The number of halogens is 1. The fraction of sp³-hybridized carbons (Fsp3) is 0.158. The molecule has 3 rings (SSSR count). The summed E-state index contributed by atoms with van der Waals surface area (Å²) >= 11 is 6.22. The van der Waals surface area contributed by atoms with Crippen molar-refractivity contribution >= 4 is 23.3 Å². The van der Waals surface area contributed by atoms with E-state index in [-0.39, 0.29) is 17.3 Å². The molecule has 0 aliphatic carbocycles. The highest BCUT2D eigenvalue weighted by atomic mass is 35.5. The first kappa shape index (κ1) is 19.4. The van der Waals surface area contributed by atoms with E-state index in [9.17, 15) is 20.0 Å². The van der Waals surface area contributed by atoms with Gasteiger partial charge in [-0.15, -0.1) is 0 Å². The number of imidazole rings is 1. The third-order valence-electron chi connectivity index (χ3n) is 4.18. The second kappa shape index (κ2) is 8.10. The molecule has 1 aromatic heterocycles. The Morgan fingerprint density at radius 2 is 1.86 bits per heavy atom. The smallest absolute Gasteiger partial charge is 0.309 e. The number of carbonyl (C=O) groups is 1. The van der Waals surface area contributed by atoms with Crippen LogP contribution < -0.4 is 4.74 Å². The van der Waals surface area contributed by atoms with Gasteiger partial charge < -0.3 is 14.4 Å². The molecule has 0 unspecified atom stereocenters. The number of carboxylic acid groups (broad SMARTS) is 1. The third-order valence-corrected chi connectivity index (χ3v) is 4.48. The Labute approximate surface area is 165 Å². The largest absolute Gasteiger partial charge is 0.497 e. The highest BCUT2D eigenvalue weighted by Gasteiger charge is 2.20. The summed E-state index contributed by atoms with van der Waals surface area (Å²) < 4.78 is 6.86. The van der Waals surface area contributed by atoms with Crippen LogP contribution in [-0.4, -0.2) is 32.7 Å². The quantitative estimate of drug-likeness (QED) is 0.476. The van der Waals surface area contributed by atoms with Crippen LogP contribution in [0.15, 0.2) is 48.5 Å². The van der Waals surface area contributed by atoms with Gasteiger partial charge in [0.25, 0.3) is 5.69 Å². The zero-order chi connectivity index (χ0) is 20.3. The van der Waals surface area contributed by atoms with Gasteiger partial charge in [0, 0.05) is 24.2 Å². The average Bonchev–Trinajstić information content (AvgIpc) is 2.97. The van der Waals surface area contributed by atoms with Crippen LogP contribution in [-0.2, 0) is 17.8 Å². The summed E-state index contributed by atoms with van der Waals surface area (Å²) in [5.41, 5.74) is 1.80. The molecule has 8 nitrogen and oxygen atoms in total. The highest BCUT2D eigenvalue weighted by molar-refractivity contribution is 6.30. The first-order valence-electron chi connectivity index (χ1n) is 8.23. The van der Waals surface area contributed by atoms with Gasteiger partial charge in [0.2, 0.25) is 0 Å². The lowest BCUT2D eigenvalue weighted by molar-refractivity contribution is -0.384. The molecule has 0 aliphatic heterocycles. The molecule has 0 amide bonds. The normalized spacial score (nSPS) is 10.6. The van der Waals surface area contributed by atoms with Crippen molar-refractivity contribution < 1.29 is 19.6 Å². The van der Waals surface area contributed by atoms with E-state index in [1.165, 1.54) is 12.1 Å². The molecule has 9 heteroatoms. The molecular weight excluding hydrogens is 386 g/mol. The van der Waals surface area contributed by atoms with E-state index in [2.05, 4.69) is 4.98 Å². The number of non-ortho nitro benzene ring substituents is 1. The van der Waals surface area contributed by atoms with Crippen LogP contribution >= 0.6 is 11.6 Å². The number of nitrogens with zero attached hydrogens (tertiary/aromatic N) is 3. The van der Waals surface area contributed by atoms with Crippen LogP contribution in [0, 0.1) is 10.1 Å². The fourth-order valence-electron chi connectivity index (χ4n) is 2.81. The number of benzene rings is 2. The number of nitro benzene ring substituents is 1. The molecular formula is C19H16ClN3O5. The Balaban J connectivity index is 2.05. The summed E-state index contributed by atoms with van der Waals surface area (Å²) in [6, 6.07) is 13.2. The van der Waals surface area contributed by atoms with Gasteiger partial charge in [-0.25, -0.2) is 4.98 Å². The number of carboxylic acids is 1. The molecule has 3 aromatic rings. The van der Waals surface area contributed by atoms with Crippen LogP contribution in [0.25, 0.3) is 11.4 Å². The second-order valence-electron chi connectivity index (χ2n) is 5.98. The zero-order valence-electron chi connectivity index (χ0n) is 14.8. The predicted molar refractivity (Wildman–Crippen MR) is 103 cm³/mol. The maximum Gasteiger partial charge on any atom is 0.309 e. The van der Waals surface area contributed by atoms with Gasteiger partial charge in [-0.3, -0.25) is 14.9 Å². The summed E-state index contributed by atoms with van der Waals surface area (Å²) in [5.74, 6) is 0.105. The van der Waals surface area contributed by atoms with Crippen LogP contribution in [0.1, 0.15) is 11.3 Å². The number of hydrogen-bond acceptors (Lipinski definition) is 5. The molecule has 2 aromatic carbocycles. The minimum absolute atomic E-state index is 0.0473. The van der Waals surface area contributed by atoms with Crippen molar-refractivity contribution in [1.29, 1.82) is 0 Å². The van der Waals surface area contributed by atoms with Crippen molar-refractivity contribution in [2.75, 3.05) is 7.11 Å². The van der Waals surface area contributed by atoms with Gasteiger partial charge >= 0.3 is 5.97 Å². The standard InChI is InChI=1S/C19H16ClN3O5/c1-28-15-8-2-12(3-9-15)11-22-16(10-17(24)25)18(20)21-19(22)13-4-6-14(7-5-13)23(26)27/h2-9H,10-11H2,1H3,(H,24,25). The van der Waals surface area contributed by atoms with E-state index in [0.29, 0.717) is 29.4 Å². The molecule has 0 aliphatic rings. The molecule has 0 bridgehead atoms. The maximum atomic E-state index is 11.3. The van der Waals surface area contributed by atoms with E-state index < -0.39 is 10.9 Å². The lowest BCUT2D eigenvalue weighted by atomic mass is 10.1. The van der Waals surface area contributed by atoms with Crippen molar-refractivity contribution in [3.05, 3.63) is 75.1 Å². The van der Waals surface area contributed by atoms with Gasteiger partial charge in [0.05, 0.1) is 24.1 Å². The fourth-order valence-corrected chi connectivity index (χ4v) is 3.05. The maximum absolute atomic E-state index is 11.3. The zero-order valence-corrected chi connectivity index (χ0v) is 15.6. The Kier molecular flexibility index (Phi) is 5.60. The predicted octanol–water partition coefficient (Wildman–Crippen LogP) is 3.80. The number of aliphatic carboxylic acids is 1. The van der Waals surface area contributed by atoms with Crippen molar-refractivity contribution in [2.45, 2.75) is 13.0 Å². The van der Waals surface area contributed by atoms with Gasteiger partial charge in [-0.05, 0) is 29.8 Å². The van der Waals surface area contributed by atoms with E-state index in [1.54, 1.807) is 35.9 Å². The second-order valence-corrected chi connectivity index (χ2v) is 6.34. The van der Waals surface area contributed by atoms with Gasteiger partial charge in [0.15, 0.2) is 5.15 Å². The number of aromatic nitrogens is 2. The van der Waals surface area contributed by atoms with Gasteiger partial charge in [-0.2, -0.15) is 0 Å². The molecule has 0 atom stereocenters. The summed E-state index contributed by atoms with van der Waals surface area (Å²) in [6.45, 7) is 0.332. The molecule has 28 heavy (non-hydrogen) atoms. The van der Waals surface area contributed by atoms with Crippen molar-refractivity contribution in [2.24, 2.45) is 0 Å². The van der Waals surface area contributed by atoms with E-state index in [1.807, 2.05) is 12.1 Å². The Bertz CT molecular complexity index is 1010. The minimum atomic E-state index is -1.03. The van der Waals surface area contributed by atoms with Crippen molar-refractivity contribution in [3.63, 3.8) is 0 Å². The SMILES string of the molecule is COc1ccc(Cn2c(-c3ccc([N+](=O)[O-])cc3)nc(Cl)c2CC(=O)O)cc1. The molecule has 1 N–H and O–H groups in total. The van der Waals surface area contributed by atoms with Crippen LogP contribution in [0.5, 0.6) is 5.75 Å². The molecule has 0 spiro atoms. The molecule has 1 heterocycles. The molecule has 0 fully saturated rings. The van der Waals surface area contributed by atoms with Crippen molar-refractivity contribution in [3.8, 4) is 17.1 Å². The van der Waals surface area contributed by atoms with Gasteiger partial charge in [0.1, 0.15) is 11.6 Å². The Hall–Kier alpha value is -3.39. The number of rotatable bonds is 7. The van der Waals surface area contributed by atoms with Crippen LogP contribution in [0.3, 0.4) is 0 Å². The average molecular weight is 402 g/mol. The number of methoxy groups -OCH3 is 1. The monoisotopic (exact) mass is 401 g/mol. The Morgan fingerprint density at radius 1 is 1.21 bits per heavy atom. The number of ether oxygens (including phenoxy) is 1. The highest BCUT2D eigenvalue weighted by Crippen LogP contribution is 2.29. The number of nitro groups is 1. The van der Waals surface area contributed by atoms with Gasteiger partial charge in [-0.1, -0.05) is 23.7 Å². The van der Waals surface area contributed by atoms with E-state index in [0.717, 1.165) is 5.56 Å². The van der Waals surface area contributed by atoms with Crippen LogP contribution in [0.2, 0.25) is 5.15 Å². The Morgan fingerprint density at radius 3 is 2.39 bits per heavy atom. The lowest BCUT2D eigenvalue weighted by Crippen LogP contribution is -2.11. The molecule has 0 saturated carbocycles. The molecule has 144 valence electrons. The topological polar surface area (TPSA) is 107 Å². The summed E-state index contributed by atoms with van der Waals surface area (Å²) in [4.78, 5) is 26.0. The molecule has 0 saturated heterocycles. The summed E-state index contributed by atoms with van der Waals surface area (Å²) in [6.07, 6.45) is -0.297. The van der Waals surface area contributed by atoms with E-state index >= 15 is 0 Å². The number of hydrogen-bond donors (Lipinski definition) is 1. The summed E-state index contributed by atoms with van der Waals surface area (Å²) in [5, 5.41) is 20.2. The van der Waals surface area contributed by atoms with Crippen LogP contribution in [0.4, 0.5) is 5.69 Å². The van der Waals surface area contributed by atoms with Crippen molar-refractivity contribution in [1.82, 2.24) is 9.55 Å². The first-order chi connectivity index (χ1) is 13.4. The molecule has 0 radical (unpaired) electrons. The first-order valence-corrected chi connectivity index (χ1v) is 8.61. The minimum Gasteiger partial charge on any atom is -0.497 e. The van der Waals surface area contributed by atoms with E-state index in [4.69, 9.17) is 16.3 Å². The lowest BCUT2D eigenvalue weighted by Gasteiger charge is -2.12. The third kappa shape index (κ3) is 4.12.